The number of nitrogens with one attached hydrogen (secondary N) is 1. The number of hydrogen-bond acceptors (Lipinski definition) is 6. The lowest BCUT2D eigenvalue weighted by atomic mass is 10.3. The van der Waals surface area contributed by atoms with E-state index in [4.69, 9.17) is 21.1 Å². The molecule has 0 radical (unpaired) electrons. The van der Waals surface area contributed by atoms with Crippen molar-refractivity contribution in [2.45, 2.75) is 6.92 Å². The molecule has 1 aromatic carbocycles. The van der Waals surface area contributed by atoms with E-state index in [2.05, 4.69) is 36.2 Å². The molecule has 106 valence electrons. The van der Waals surface area contributed by atoms with Crippen molar-refractivity contribution in [3.8, 4) is 11.8 Å². The van der Waals surface area contributed by atoms with Gasteiger partial charge in [-0.25, -0.2) is 0 Å². The Hall–Kier alpha value is -1.60. The fraction of sp³-hybridized carbons (Fsp3) is 0.250. The van der Waals surface area contributed by atoms with Crippen LogP contribution in [-0.4, -0.2) is 28.7 Å². The molecule has 6 nitrogen and oxygen atoms in total. The van der Waals surface area contributed by atoms with Gasteiger partial charge in [-0.1, -0.05) is 15.9 Å². The molecule has 0 aliphatic rings. The van der Waals surface area contributed by atoms with E-state index in [-0.39, 0.29) is 11.3 Å². The average Bonchev–Trinajstić information content (AvgIpc) is 2.37. The summed E-state index contributed by atoms with van der Waals surface area (Å²) in [5.74, 6) is 1.00. The minimum absolute atomic E-state index is 0.0629. The van der Waals surface area contributed by atoms with Gasteiger partial charge in [-0.15, -0.1) is 0 Å². The van der Waals surface area contributed by atoms with Gasteiger partial charge in [0.1, 0.15) is 5.75 Å². The maximum absolute atomic E-state index is 5.83. The Balaban J connectivity index is 2.27. The molecule has 0 spiro atoms. The van der Waals surface area contributed by atoms with E-state index >= 15 is 0 Å². The molecule has 2 rings (SSSR count). The van der Waals surface area contributed by atoms with Crippen molar-refractivity contribution in [2.24, 2.45) is 0 Å². The maximum atomic E-state index is 5.83. The molecule has 0 aliphatic heterocycles. The predicted molar refractivity (Wildman–Crippen MR) is 80.0 cm³/mol. The zero-order valence-corrected chi connectivity index (χ0v) is 13.2. The lowest BCUT2D eigenvalue weighted by Gasteiger charge is -2.09. The number of anilines is 2. The first-order valence-corrected chi connectivity index (χ1v) is 6.93. The second-order valence-electron chi connectivity index (χ2n) is 3.65. The van der Waals surface area contributed by atoms with Gasteiger partial charge in [0.2, 0.25) is 11.2 Å². The highest BCUT2D eigenvalue weighted by atomic mass is 79.9. The van der Waals surface area contributed by atoms with Crippen LogP contribution in [0, 0.1) is 0 Å². The molecular formula is C12H12BrClN4O2. The number of aromatic nitrogens is 3. The van der Waals surface area contributed by atoms with Crippen LogP contribution in [0.3, 0.4) is 0 Å². The summed E-state index contributed by atoms with van der Waals surface area (Å²) in [4.78, 5) is 12.0. The largest absolute Gasteiger partial charge is 0.497 e. The highest BCUT2D eigenvalue weighted by Crippen LogP contribution is 2.26. The van der Waals surface area contributed by atoms with Crippen molar-refractivity contribution in [3.05, 3.63) is 28.0 Å². The SMILES string of the molecule is CCOc1nc(Cl)nc(Nc2cc(Br)cc(OC)c2)n1. The molecule has 1 N–H and O–H groups in total. The van der Waals surface area contributed by atoms with Crippen molar-refractivity contribution < 1.29 is 9.47 Å². The van der Waals surface area contributed by atoms with E-state index in [0.717, 1.165) is 10.2 Å². The molecule has 0 fully saturated rings. The molecule has 1 heterocycles. The van der Waals surface area contributed by atoms with Gasteiger partial charge in [0, 0.05) is 16.2 Å². The van der Waals surface area contributed by atoms with Crippen LogP contribution in [0.25, 0.3) is 0 Å². The van der Waals surface area contributed by atoms with Gasteiger partial charge in [0.15, 0.2) is 0 Å². The Kier molecular flexibility index (Phi) is 4.97. The average molecular weight is 360 g/mol. The Morgan fingerprint density at radius 1 is 1.25 bits per heavy atom. The molecule has 0 amide bonds. The Morgan fingerprint density at radius 2 is 2.05 bits per heavy atom. The van der Waals surface area contributed by atoms with Crippen molar-refractivity contribution in [2.75, 3.05) is 19.0 Å². The van der Waals surface area contributed by atoms with E-state index in [1.807, 2.05) is 25.1 Å². The smallest absolute Gasteiger partial charge is 0.322 e. The molecule has 0 bridgehead atoms. The highest BCUT2D eigenvalue weighted by molar-refractivity contribution is 9.10. The van der Waals surface area contributed by atoms with Crippen molar-refractivity contribution >= 4 is 39.2 Å². The zero-order valence-electron chi connectivity index (χ0n) is 10.9. The standard InChI is InChI=1S/C12H12BrClN4O2/c1-3-20-12-17-10(14)16-11(18-12)15-8-4-7(13)5-9(6-8)19-2/h4-6H,3H2,1-2H3,(H,15,16,17,18). The molecule has 2 aromatic rings. The summed E-state index contributed by atoms with van der Waals surface area (Å²) in [6, 6.07) is 5.69. The van der Waals surface area contributed by atoms with Gasteiger partial charge >= 0.3 is 6.01 Å². The molecule has 0 saturated heterocycles. The predicted octanol–water partition coefficient (Wildman–Crippen LogP) is 3.44. The number of benzene rings is 1. The normalized spacial score (nSPS) is 10.2. The third-order valence-electron chi connectivity index (χ3n) is 2.22. The minimum Gasteiger partial charge on any atom is -0.497 e. The lowest BCUT2D eigenvalue weighted by molar-refractivity contribution is 0.312. The molecule has 0 aliphatic carbocycles. The number of ether oxygens (including phenoxy) is 2. The summed E-state index contributed by atoms with van der Waals surface area (Å²) in [5.41, 5.74) is 0.751. The number of nitrogens with zero attached hydrogens (tertiary/aromatic N) is 3. The third-order valence-corrected chi connectivity index (χ3v) is 2.85. The second-order valence-corrected chi connectivity index (χ2v) is 4.90. The first kappa shape index (κ1) is 14.8. The molecular weight excluding hydrogens is 348 g/mol. The van der Waals surface area contributed by atoms with Gasteiger partial charge in [-0.2, -0.15) is 15.0 Å². The van der Waals surface area contributed by atoms with Crippen LogP contribution < -0.4 is 14.8 Å². The van der Waals surface area contributed by atoms with Crippen LogP contribution in [0.1, 0.15) is 6.92 Å². The maximum Gasteiger partial charge on any atom is 0.322 e. The fourth-order valence-corrected chi connectivity index (χ4v) is 2.09. The van der Waals surface area contributed by atoms with Crippen LogP contribution in [0.2, 0.25) is 5.28 Å². The number of hydrogen-bond donors (Lipinski definition) is 1. The molecule has 1 aromatic heterocycles. The molecule has 0 saturated carbocycles. The molecule has 8 heteroatoms. The molecule has 0 unspecified atom stereocenters. The summed E-state index contributed by atoms with van der Waals surface area (Å²) < 4.78 is 11.3. The van der Waals surface area contributed by atoms with Gasteiger partial charge in [-0.3, -0.25) is 0 Å². The summed E-state index contributed by atoms with van der Waals surface area (Å²) in [6.45, 7) is 2.29. The summed E-state index contributed by atoms with van der Waals surface area (Å²) in [5, 5.41) is 3.09. The van der Waals surface area contributed by atoms with E-state index in [9.17, 15) is 0 Å². The number of methoxy groups -OCH3 is 1. The van der Waals surface area contributed by atoms with Crippen molar-refractivity contribution in [1.29, 1.82) is 0 Å². The Morgan fingerprint density at radius 3 is 2.75 bits per heavy atom. The van der Waals surface area contributed by atoms with Crippen LogP contribution in [-0.2, 0) is 0 Å². The number of halogens is 2. The van der Waals surface area contributed by atoms with Gasteiger partial charge in [0.25, 0.3) is 0 Å². The van der Waals surface area contributed by atoms with Gasteiger partial charge in [-0.05, 0) is 30.7 Å². The van der Waals surface area contributed by atoms with Crippen molar-refractivity contribution in [1.82, 2.24) is 15.0 Å². The first-order chi connectivity index (χ1) is 9.60. The summed E-state index contributed by atoms with van der Waals surface area (Å²) in [6.07, 6.45) is 0. The first-order valence-electron chi connectivity index (χ1n) is 5.76. The van der Waals surface area contributed by atoms with E-state index < -0.39 is 0 Å². The topological polar surface area (TPSA) is 69.2 Å². The Labute approximate surface area is 129 Å². The molecule has 0 atom stereocenters. The van der Waals surface area contributed by atoms with Crippen LogP contribution >= 0.6 is 27.5 Å². The second kappa shape index (κ2) is 6.71. The summed E-state index contributed by atoms with van der Waals surface area (Å²) in [7, 11) is 1.60. The van der Waals surface area contributed by atoms with Crippen LogP contribution in [0.15, 0.2) is 22.7 Å². The summed E-state index contributed by atoms with van der Waals surface area (Å²) >= 11 is 9.22. The fourth-order valence-electron chi connectivity index (χ4n) is 1.46. The van der Waals surface area contributed by atoms with Gasteiger partial charge < -0.3 is 14.8 Å². The van der Waals surface area contributed by atoms with E-state index in [1.54, 1.807) is 7.11 Å². The van der Waals surface area contributed by atoms with Crippen LogP contribution in [0.4, 0.5) is 11.6 Å². The third kappa shape index (κ3) is 3.94. The monoisotopic (exact) mass is 358 g/mol. The van der Waals surface area contributed by atoms with Crippen LogP contribution in [0.5, 0.6) is 11.8 Å². The van der Waals surface area contributed by atoms with E-state index in [1.165, 1.54) is 0 Å². The van der Waals surface area contributed by atoms with E-state index in [0.29, 0.717) is 18.3 Å². The Bertz CT molecular complexity index is 612. The lowest BCUT2D eigenvalue weighted by Crippen LogP contribution is -2.04. The van der Waals surface area contributed by atoms with Crippen molar-refractivity contribution in [3.63, 3.8) is 0 Å². The van der Waals surface area contributed by atoms with Gasteiger partial charge in [0.05, 0.1) is 13.7 Å². The molecule has 20 heavy (non-hydrogen) atoms. The minimum atomic E-state index is 0.0629. The highest BCUT2D eigenvalue weighted by Gasteiger charge is 2.07. The zero-order chi connectivity index (χ0) is 14.5. The number of rotatable bonds is 5. The quantitative estimate of drug-likeness (QED) is 0.882.